The Morgan fingerprint density at radius 3 is 3.00 bits per heavy atom. The van der Waals surface area contributed by atoms with Gasteiger partial charge >= 0.3 is 0 Å². The minimum absolute atomic E-state index is 0.107. The number of hydrogen-bond acceptors (Lipinski definition) is 3. The average molecular weight is 247 g/mol. The monoisotopic (exact) mass is 247 g/mol. The first-order valence-electron chi connectivity index (χ1n) is 6.05. The van der Waals surface area contributed by atoms with Crippen molar-refractivity contribution in [2.24, 2.45) is 5.73 Å². The molecule has 0 radical (unpaired) electrons. The third-order valence-corrected chi connectivity index (χ3v) is 4.98. The lowest BCUT2D eigenvalue weighted by Crippen LogP contribution is -2.21. The fraction of sp³-hybridized carbons (Fsp3) is 0.429. The van der Waals surface area contributed by atoms with E-state index in [0.29, 0.717) is 6.54 Å². The largest absolute Gasteiger partial charge is 0.371 e. The van der Waals surface area contributed by atoms with Crippen LogP contribution in [-0.4, -0.2) is 13.2 Å². The summed E-state index contributed by atoms with van der Waals surface area (Å²) in [6, 6.07) is 4.44. The molecule has 3 rings (SSSR count). The second-order valence-corrected chi connectivity index (χ2v) is 5.75. The van der Waals surface area contributed by atoms with E-state index in [1.165, 1.54) is 31.7 Å². The summed E-state index contributed by atoms with van der Waals surface area (Å²) in [6.45, 7) is 5.78. The van der Waals surface area contributed by atoms with Crippen LogP contribution in [0, 0.1) is 13.8 Å². The van der Waals surface area contributed by atoms with Crippen molar-refractivity contribution in [3.63, 3.8) is 0 Å². The van der Waals surface area contributed by atoms with E-state index in [-0.39, 0.29) is 6.10 Å². The van der Waals surface area contributed by atoms with Gasteiger partial charge in [0.25, 0.3) is 0 Å². The van der Waals surface area contributed by atoms with Crippen molar-refractivity contribution in [2.45, 2.75) is 26.4 Å². The lowest BCUT2D eigenvalue weighted by molar-refractivity contribution is 0.0519. The Morgan fingerprint density at radius 2 is 2.24 bits per heavy atom. The molecular formula is C14H17NOS. The first kappa shape index (κ1) is 11.2. The average Bonchev–Trinajstić information content (AvgIpc) is 2.72. The van der Waals surface area contributed by atoms with E-state index >= 15 is 0 Å². The topological polar surface area (TPSA) is 35.2 Å². The van der Waals surface area contributed by atoms with E-state index in [9.17, 15) is 0 Å². The highest BCUT2D eigenvalue weighted by molar-refractivity contribution is 7.19. The highest BCUT2D eigenvalue weighted by Gasteiger charge is 2.25. The highest BCUT2D eigenvalue weighted by Crippen LogP contribution is 2.41. The molecule has 0 amide bonds. The first-order valence-corrected chi connectivity index (χ1v) is 6.87. The molecule has 0 fully saturated rings. The minimum atomic E-state index is 0.107. The van der Waals surface area contributed by atoms with Crippen LogP contribution in [0.1, 0.15) is 27.7 Å². The van der Waals surface area contributed by atoms with Crippen LogP contribution in [0.3, 0.4) is 0 Å². The molecule has 0 spiro atoms. The van der Waals surface area contributed by atoms with Gasteiger partial charge in [-0.25, -0.2) is 0 Å². The van der Waals surface area contributed by atoms with Crippen LogP contribution in [0.25, 0.3) is 10.1 Å². The maximum absolute atomic E-state index is 5.79. The molecule has 90 valence electrons. The molecule has 1 aliphatic heterocycles. The van der Waals surface area contributed by atoms with Gasteiger partial charge in [-0.1, -0.05) is 6.07 Å². The van der Waals surface area contributed by atoms with Gasteiger partial charge in [0, 0.05) is 16.1 Å². The van der Waals surface area contributed by atoms with Crippen LogP contribution in [0.2, 0.25) is 0 Å². The second kappa shape index (κ2) is 4.09. The third-order valence-electron chi connectivity index (χ3n) is 3.69. The van der Waals surface area contributed by atoms with E-state index < -0.39 is 0 Å². The fourth-order valence-corrected chi connectivity index (χ4v) is 3.99. The van der Waals surface area contributed by atoms with Gasteiger partial charge in [-0.05, 0) is 48.4 Å². The molecule has 0 saturated heterocycles. The molecule has 0 aliphatic carbocycles. The van der Waals surface area contributed by atoms with E-state index in [2.05, 4.69) is 26.0 Å². The molecule has 1 aromatic heterocycles. The number of thiophene rings is 1. The van der Waals surface area contributed by atoms with Crippen molar-refractivity contribution >= 4 is 21.4 Å². The standard InChI is InChI=1S/C14H17NOS/c1-8-3-4-12-13(9(8)2)10-5-6-16-11(7-15)14(10)17-12/h3-4,11H,5-7,15H2,1-2H3. The predicted octanol–water partition coefficient (Wildman–Crippen LogP) is 3.09. The Bertz CT molecular complexity index is 573. The van der Waals surface area contributed by atoms with Gasteiger partial charge < -0.3 is 10.5 Å². The molecule has 2 aromatic rings. The zero-order valence-corrected chi connectivity index (χ0v) is 11.1. The Kier molecular flexibility index (Phi) is 2.69. The molecule has 2 heterocycles. The number of aryl methyl sites for hydroxylation is 2. The number of rotatable bonds is 1. The molecule has 3 heteroatoms. The minimum Gasteiger partial charge on any atom is -0.371 e. The molecule has 0 bridgehead atoms. The molecule has 1 unspecified atom stereocenters. The number of ether oxygens (including phenoxy) is 1. The maximum atomic E-state index is 5.79. The summed E-state index contributed by atoms with van der Waals surface area (Å²) in [5.41, 5.74) is 10.1. The van der Waals surface area contributed by atoms with Crippen molar-refractivity contribution in [2.75, 3.05) is 13.2 Å². The molecule has 17 heavy (non-hydrogen) atoms. The first-order chi connectivity index (χ1) is 8.22. The van der Waals surface area contributed by atoms with Crippen LogP contribution in [0.5, 0.6) is 0 Å². The Morgan fingerprint density at radius 1 is 1.41 bits per heavy atom. The lowest BCUT2D eigenvalue weighted by Gasteiger charge is -2.22. The second-order valence-electron chi connectivity index (χ2n) is 4.67. The molecule has 0 saturated carbocycles. The van der Waals surface area contributed by atoms with E-state index in [1.807, 2.05) is 11.3 Å². The summed E-state index contributed by atoms with van der Waals surface area (Å²) in [5, 5.41) is 1.45. The van der Waals surface area contributed by atoms with Crippen molar-refractivity contribution in [1.29, 1.82) is 0 Å². The van der Waals surface area contributed by atoms with Crippen molar-refractivity contribution < 1.29 is 4.74 Å². The summed E-state index contributed by atoms with van der Waals surface area (Å²) in [4.78, 5) is 1.35. The molecule has 1 aromatic carbocycles. The lowest BCUT2D eigenvalue weighted by atomic mass is 9.97. The molecule has 1 aliphatic rings. The maximum Gasteiger partial charge on any atom is 0.104 e. The van der Waals surface area contributed by atoms with Gasteiger partial charge in [-0.15, -0.1) is 11.3 Å². The van der Waals surface area contributed by atoms with Crippen LogP contribution < -0.4 is 5.73 Å². The van der Waals surface area contributed by atoms with Crippen molar-refractivity contribution in [3.8, 4) is 0 Å². The number of benzene rings is 1. The van der Waals surface area contributed by atoms with Gasteiger partial charge in [-0.2, -0.15) is 0 Å². The Labute approximate surface area is 105 Å². The smallest absolute Gasteiger partial charge is 0.104 e. The Balaban J connectivity index is 2.31. The Hall–Kier alpha value is -0.900. The number of hydrogen-bond donors (Lipinski definition) is 1. The highest BCUT2D eigenvalue weighted by atomic mass is 32.1. The van der Waals surface area contributed by atoms with Crippen LogP contribution in [0.4, 0.5) is 0 Å². The normalized spacial score (nSPS) is 19.6. The molecular weight excluding hydrogens is 230 g/mol. The number of nitrogens with two attached hydrogens (primary N) is 1. The van der Waals surface area contributed by atoms with Crippen LogP contribution in [0.15, 0.2) is 12.1 Å². The third kappa shape index (κ3) is 1.61. The zero-order chi connectivity index (χ0) is 12.0. The van der Waals surface area contributed by atoms with Crippen LogP contribution >= 0.6 is 11.3 Å². The van der Waals surface area contributed by atoms with Crippen molar-refractivity contribution in [3.05, 3.63) is 33.7 Å². The quantitative estimate of drug-likeness (QED) is 0.840. The van der Waals surface area contributed by atoms with E-state index in [4.69, 9.17) is 10.5 Å². The van der Waals surface area contributed by atoms with E-state index in [0.717, 1.165) is 13.0 Å². The number of fused-ring (bicyclic) bond motifs is 3. The fourth-order valence-electron chi connectivity index (χ4n) is 2.62. The summed E-state index contributed by atoms with van der Waals surface area (Å²) in [5.74, 6) is 0. The molecule has 1 atom stereocenters. The van der Waals surface area contributed by atoms with E-state index in [1.54, 1.807) is 0 Å². The van der Waals surface area contributed by atoms with Gasteiger partial charge in [0.05, 0.1) is 6.61 Å². The molecule has 2 nitrogen and oxygen atoms in total. The van der Waals surface area contributed by atoms with Gasteiger partial charge in [-0.3, -0.25) is 0 Å². The summed E-state index contributed by atoms with van der Waals surface area (Å²) >= 11 is 1.85. The summed E-state index contributed by atoms with van der Waals surface area (Å²) in [6.07, 6.45) is 1.13. The van der Waals surface area contributed by atoms with Crippen LogP contribution in [-0.2, 0) is 11.2 Å². The predicted molar refractivity (Wildman–Crippen MR) is 72.8 cm³/mol. The van der Waals surface area contributed by atoms with Gasteiger partial charge in [0.15, 0.2) is 0 Å². The van der Waals surface area contributed by atoms with Gasteiger partial charge in [0.1, 0.15) is 6.10 Å². The zero-order valence-electron chi connectivity index (χ0n) is 10.2. The van der Waals surface area contributed by atoms with Crippen molar-refractivity contribution in [1.82, 2.24) is 0 Å². The van der Waals surface area contributed by atoms with Gasteiger partial charge in [0.2, 0.25) is 0 Å². The SMILES string of the molecule is Cc1ccc2sc3c(c2c1C)CCOC3CN. The summed E-state index contributed by atoms with van der Waals surface area (Å²) < 4.78 is 7.12. The summed E-state index contributed by atoms with van der Waals surface area (Å²) in [7, 11) is 0. The molecule has 2 N–H and O–H groups in total.